The highest BCUT2D eigenvalue weighted by molar-refractivity contribution is 7.93. The number of hydrogen-bond acceptors (Lipinski definition) is 5. The third kappa shape index (κ3) is 3.69. The molecule has 0 aromatic heterocycles. The second kappa shape index (κ2) is 7.67. The molecule has 1 N–H and O–H groups in total. The first-order valence-electron chi connectivity index (χ1n) is 9.92. The average Bonchev–Trinajstić information content (AvgIpc) is 2.92. The molecule has 0 bridgehead atoms. The third-order valence-corrected chi connectivity index (χ3v) is 7.39. The first-order valence-corrected chi connectivity index (χ1v) is 11.4. The van der Waals surface area contributed by atoms with Crippen LogP contribution in [-0.4, -0.2) is 39.0 Å². The molecule has 0 spiro atoms. The molecule has 1 unspecified atom stereocenters. The second-order valence-corrected chi connectivity index (χ2v) is 9.45. The van der Waals surface area contributed by atoms with Crippen LogP contribution in [0.15, 0.2) is 41.3 Å². The molecule has 2 aliphatic rings. The first kappa shape index (κ1) is 19.7. The maximum Gasteiger partial charge on any atom is 0.327 e. The van der Waals surface area contributed by atoms with Crippen molar-refractivity contribution in [3.05, 3.63) is 36.4 Å². The van der Waals surface area contributed by atoms with E-state index in [-0.39, 0.29) is 16.8 Å². The maximum atomic E-state index is 12.9. The zero-order chi connectivity index (χ0) is 20.6. The van der Waals surface area contributed by atoms with Crippen LogP contribution in [-0.2, 0) is 24.3 Å². The standard InChI is InChI=1S/C21H24N2O5S/c1-14(21(25)22-16-9-3-2-4-10-16)28-19(24)13-23-17-11-5-7-15-8-6-12-18(20(15)17)29(23,26)27/h5-8,11-12,14,16H,2-4,9-10,13H2,1H3,(H,22,25). The number of hydrogen-bond donors (Lipinski definition) is 1. The predicted molar refractivity (Wildman–Crippen MR) is 109 cm³/mol. The lowest BCUT2D eigenvalue weighted by Gasteiger charge is -2.25. The number of amides is 1. The maximum absolute atomic E-state index is 12.9. The largest absolute Gasteiger partial charge is 0.451 e. The second-order valence-electron chi connectivity index (χ2n) is 7.62. The van der Waals surface area contributed by atoms with Crippen molar-refractivity contribution in [3.8, 4) is 0 Å². The zero-order valence-corrected chi connectivity index (χ0v) is 17.1. The van der Waals surface area contributed by atoms with Gasteiger partial charge in [0, 0.05) is 11.4 Å². The zero-order valence-electron chi connectivity index (χ0n) is 16.3. The number of rotatable bonds is 5. The molecule has 8 heteroatoms. The van der Waals surface area contributed by atoms with Crippen LogP contribution in [0.2, 0.25) is 0 Å². The molecule has 29 heavy (non-hydrogen) atoms. The van der Waals surface area contributed by atoms with E-state index in [9.17, 15) is 18.0 Å². The normalized spacial score (nSPS) is 19.1. The van der Waals surface area contributed by atoms with E-state index in [0.717, 1.165) is 35.4 Å². The van der Waals surface area contributed by atoms with Crippen LogP contribution >= 0.6 is 0 Å². The lowest BCUT2D eigenvalue weighted by atomic mass is 9.95. The monoisotopic (exact) mass is 416 g/mol. The summed E-state index contributed by atoms with van der Waals surface area (Å²) in [6, 6.07) is 10.4. The molecule has 0 saturated heterocycles. The van der Waals surface area contributed by atoms with Gasteiger partial charge in [-0.2, -0.15) is 0 Å². The van der Waals surface area contributed by atoms with E-state index in [2.05, 4.69) is 5.32 Å². The molecule has 2 aromatic carbocycles. The Bertz CT molecular complexity index is 1050. The minimum atomic E-state index is -3.84. The van der Waals surface area contributed by atoms with Crippen LogP contribution in [0.4, 0.5) is 5.69 Å². The molecule has 1 amide bonds. The number of sulfonamides is 1. The van der Waals surface area contributed by atoms with Crippen molar-refractivity contribution in [2.45, 2.75) is 56.1 Å². The number of esters is 1. The van der Waals surface area contributed by atoms with Crippen molar-refractivity contribution < 1.29 is 22.7 Å². The minimum absolute atomic E-state index is 0.114. The summed E-state index contributed by atoms with van der Waals surface area (Å²) in [5.74, 6) is -1.11. The number of nitrogens with zero attached hydrogens (tertiary/aromatic N) is 1. The number of nitrogens with one attached hydrogen (secondary N) is 1. The summed E-state index contributed by atoms with van der Waals surface area (Å²) >= 11 is 0. The van der Waals surface area contributed by atoms with E-state index in [1.807, 2.05) is 12.1 Å². The SMILES string of the molecule is CC(OC(=O)CN1c2cccc3cccc(c23)S1(=O)=O)C(=O)NC1CCCCC1. The Morgan fingerprint density at radius 1 is 1.14 bits per heavy atom. The van der Waals surface area contributed by atoms with Crippen molar-refractivity contribution in [3.63, 3.8) is 0 Å². The van der Waals surface area contributed by atoms with E-state index in [1.165, 1.54) is 19.4 Å². The molecule has 7 nitrogen and oxygen atoms in total. The molecular formula is C21H24N2O5S. The van der Waals surface area contributed by atoms with Gasteiger partial charge >= 0.3 is 5.97 Å². The lowest BCUT2D eigenvalue weighted by Crippen LogP contribution is -2.44. The van der Waals surface area contributed by atoms with Gasteiger partial charge in [0.1, 0.15) is 6.54 Å². The van der Waals surface area contributed by atoms with Gasteiger partial charge < -0.3 is 10.1 Å². The van der Waals surface area contributed by atoms with E-state index < -0.39 is 28.6 Å². The average molecular weight is 416 g/mol. The van der Waals surface area contributed by atoms with Crippen LogP contribution in [0.25, 0.3) is 10.8 Å². The fraction of sp³-hybridized carbons (Fsp3) is 0.429. The van der Waals surface area contributed by atoms with Crippen molar-refractivity contribution in [1.29, 1.82) is 0 Å². The highest BCUT2D eigenvalue weighted by atomic mass is 32.2. The Balaban J connectivity index is 1.45. The Morgan fingerprint density at radius 2 is 1.83 bits per heavy atom. The Hall–Kier alpha value is -2.61. The molecule has 1 aliphatic carbocycles. The van der Waals surface area contributed by atoms with Crippen LogP contribution in [0.3, 0.4) is 0 Å². The van der Waals surface area contributed by atoms with Gasteiger partial charge in [0.15, 0.2) is 6.10 Å². The van der Waals surface area contributed by atoms with E-state index >= 15 is 0 Å². The van der Waals surface area contributed by atoms with Gasteiger partial charge in [0.25, 0.3) is 15.9 Å². The lowest BCUT2D eigenvalue weighted by molar-refractivity contribution is -0.153. The molecule has 4 rings (SSSR count). The summed E-state index contributed by atoms with van der Waals surface area (Å²) in [7, 11) is -3.84. The Kier molecular flexibility index (Phi) is 5.21. The quantitative estimate of drug-likeness (QED) is 0.757. The van der Waals surface area contributed by atoms with Crippen molar-refractivity contribution in [2.75, 3.05) is 10.8 Å². The predicted octanol–water partition coefficient (Wildman–Crippen LogP) is 2.73. The highest BCUT2D eigenvalue weighted by Gasteiger charge is 2.37. The number of carbonyl (C=O) groups excluding carboxylic acids is 2. The Morgan fingerprint density at radius 3 is 2.55 bits per heavy atom. The number of benzene rings is 2. The van der Waals surface area contributed by atoms with Gasteiger partial charge in [-0.05, 0) is 37.3 Å². The summed E-state index contributed by atoms with van der Waals surface area (Å²) in [6.45, 7) is 1.03. The summed E-state index contributed by atoms with van der Waals surface area (Å²) < 4.78 is 32.1. The molecule has 1 atom stereocenters. The van der Waals surface area contributed by atoms with E-state index in [1.54, 1.807) is 18.2 Å². The van der Waals surface area contributed by atoms with E-state index in [4.69, 9.17) is 4.74 Å². The first-order chi connectivity index (χ1) is 13.9. The Labute approximate surface area is 170 Å². The number of ether oxygens (including phenoxy) is 1. The minimum Gasteiger partial charge on any atom is -0.451 e. The summed E-state index contributed by atoms with van der Waals surface area (Å²) in [5, 5.41) is 4.31. The molecule has 154 valence electrons. The van der Waals surface area contributed by atoms with Gasteiger partial charge in [-0.1, -0.05) is 43.5 Å². The topological polar surface area (TPSA) is 92.8 Å². The third-order valence-electron chi connectivity index (χ3n) is 5.58. The molecule has 0 radical (unpaired) electrons. The molecule has 1 saturated carbocycles. The van der Waals surface area contributed by atoms with Gasteiger partial charge in [0.05, 0.1) is 10.6 Å². The summed E-state index contributed by atoms with van der Waals surface area (Å²) in [4.78, 5) is 25.0. The molecule has 1 fully saturated rings. The number of anilines is 1. The van der Waals surface area contributed by atoms with Gasteiger partial charge in [0.2, 0.25) is 0 Å². The summed E-state index contributed by atoms with van der Waals surface area (Å²) in [6.07, 6.45) is 4.22. The van der Waals surface area contributed by atoms with Crippen LogP contribution < -0.4 is 9.62 Å². The molecular weight excluding hydrogens is 392 g/mol. The van der Waals surface area contributed by atoms with Crippen LogP contribution in [0, 0.1) is 0 Å². The molecule has 1 aliphatic heterocycles. The van der Waals surface area contributed by atoms with Crippen molar-refractivity contribution in [1.82, 2.24) is 5.32 Å². The van der Waals surface area contributed by atoms with Gasteiger partial charge in [-0.25, -0.2) is 8.42 Å². The van der Waals surface area contributed by atoms with Crippen molar-refractivity contribution >= 4 is 38.4 Å². The smallest absolute Gasteiger partial charge is 0.327 e. The van der Waals surface area contributed by atoms with Crippen molar-refractivity contribution in [2.24, 2.45) is 0 Å². The van der Waals surface area contributed by atoms with Crippen LogP contribution in [0.5, 0.6) is 0 Å². The van der Waals surface area contributed by atoms with Gasteiger partial charge in [-0.15, -0.1) is 0 Å². The van der Waals surface area contributed by atoms with Crippen LogP contribution in [0.1, 0.15) is 39.0 Å². The van der Waals surface area contributed by atoms with Gasteiger partial charge in [-0.3, -0.25) is 13.9 Å². The van der Waals surface area contributed by atoms with E-state index in [0.29, 0.717) is 11.1 Å². The molecule has 2 aromatic rings. The molecule has 1 heterocycles. The number of carbonyl (C=O) groups is 2. The fourth-order valence-electron chi connectivity index (χ4n) is 4.10. The summed E-state index contributed by atoms with van der Waals surface area (Å²) in [5.41, 5.74) is 0.453. The highest BCUT2D eigenvalue weighted by Crippen LogP contribution is 2.41. The fourth-order valence-corrected chi connectivity index (χ4v) is 5.75.